The first-order valence-corrected chi connectivity index (χ1v) is 14.8. The Morgan fingerprint density at radius 1 is 0.548 bits per heavy atom. The molecular weight excluding hydrogens is 512 g/mol. The minimum atomic E-state index is 0.416. The van der Waals surface area contributed by atoms with Crippen LogP contribution in [-0.2, 0) is 0 Å². The lowest BCUT2D eigenvalue weighted by molar-refractivity contribution is 0.867. The average Bonchev–Trinajstić information content (AvgIpc) is 3.52. The fraction of sp³-hybridized carbons (Fsp3) is 0.158. The van der Waals surface area contributed by atoms with Gasteiger partial charge in [0, 0.05) is 40.1 Å². The molecule has 8 rings (SSSR count). The Kier molecular flexibility index (Phi) is 5.48. The second-order valence-corrected chi connectivity index (χ2v) is 12.0. The minimum Gasteiger partial charge on any atom is -0.306 e. The minimum absolute atomic E-state index is 0.416. The first-order chi connectivity index (χ1) is 20.5. The van der Waals surface area contributed by atoms with Crippen LogP contribution < -0.4 is 0 Å². The number of hydrogen-bond acceptors (Lipinski definition) is 2. The van der Waals surface area contributed by atoms with Gasteiger partial charge in [-0.1, -0.05) is 82.3 Å². The molecule has 0 atom stereocenters. The Balaban J connectivity index is 1.64. The van der Waals surface area contributed by atoms with Crippen LogP contribution in [0.5, 0.6) is 0 Å². The van der Waals surface area contributed by atoms with E-state index in [-0.39, 0.29) is 0 Å². The number of hydrogen-bond donors (Lipinski definition) is 0. The van der Waals surface area contributed by atoms with Gasteiger partial charge in [-0.25, -0.2) is 0 Å². The fourth-order valence-corrected chi connectivity index (χ4v) is 6.60. The van der Waals surface area contributed by atoms with E-state index in [1.54, 1.807) is 0 Å². The first-order valence-electron chi connectivity index (χ1n) is 14.8. The molecule has 4 heterocycles. The van der Waals surface area contributed by atoms with Crippen LogP contribution in [0.15, 0.2) is 110 Å². The van der Waals surface area contributed by atoms with E-state index in [4.69, 9.17) is 4.98 Å². The summed E-state index contributed by atoms with van der Waals surface area (Å²) < 4.78 is 4.94. The summed E-state index contributed by atoms with van der Waals surface area (Å²) >= 11 is 0. The summed E-state index contributed by atoms with van der Waals surface area (Å²) in [5.41, 5.74) is 10.7. The molecule has 0 saturated carbocycles. The molecule has 0 bridgehead atoms. The molecule has 0 fully saturated rings. The largest absolute Gasteiger partial charge is 0.306 e. The van der Waals surface area contributed by atoms with Crippen LogP contribution in [0.25, 0.3) is 65.9 Å². The second kappa shape index (κ2) is 9.28. The van der Waals surface area contributed by atoms with Crippen molar-refractivity contribution in [3.05, 3.63) is 121 Å². The van der Waals surface area contributed by atoms with Gasteiger partial charge in [-0.3, -0.25) is 9.97 Å². The first kappa shape index (κ1) is 24.8. The van der Waals surface area contributed by atoms with Gasteiger partial charge in [0.1, 0.15) is 0 Å². The van der Waals surface area contributed by atoms with E-state index in [2.05, 4.69) is 127 Å². The van der Waals surface area contributed by atoms with Crippen LogP contribution in [0.2, 0.25) is 0 Å². The van der Waals surface area contributed by atoms with E-state index in [0.29, 0.717) is 11.8 Å². The number of benzene rings is 4. The van der Waals surface area contributed by atoms with E-state index in [1.165, 1.54) is 49.4 Å². The smallest absolute Gasteiger partial charge is 0.0942 e. The van der Waals surface area contributed by atoms with Gasteiger partial charge in [0.25, 0.3) is 0 Å². The summed E-state index contributed by atoms with van der Waals surface area (Å²) in [6, 6.07) is 33.3. The highest BCUT2D eigenvalue weighted by atomic mass is 15.1. The Hall–Kier alpha value is -4.96. The van der Waals surface area contributed by atoms with Crippen LogP contribution in [0.3, 0.4) is 0 Å². The van der Waals surface area contributed by atoms with E-state index >= 15 is 0 Å². The zero-order valence-electron chi connectivity index (χ0n) is 24.3. The van der Waals surface area contributed by atoms with Crippen molar-refractivity contribution in [3.63, 3.8) is 0 Å². The predicted molar refractivity (Wildman–Crippen MR) is 176 cm³/mol. The average molecular weight is 545 g/mol. The number of rotatable bonds is 4. The SMILES string of the molecule is CC(C)c1ccc2c(c1)n(-c1cccc3ccncc13)c1c3ccc(C(C)C)cc3n(-c3cccc4cccnc34)c21. The third-order valence-corrected chi connectivity index (χ3v) is 8.79. The van der Waals surface area contributed by atoms with Gasteiger partial charge in [-0.15, -0.1) is 0 Å². The Labute approximate surface area is 244 Å². The van der Waals surface area contributed by atoms with E-state index in [9.17, 15) is 0 Å². The highest BCUT2D eigenvalue weighted by Crippen LogP contribution is 2.43. The van der Waals surface area contributed by atoms with Crippen molar-refractivity contribution < 1.29 is 0 Å². The van der Waals surface area contributed by atoms with Crippen molar-refractivity contribution in [2.24, 2.45) is 0 Å². The summed E-state index contributed by atoms with van der Waals surface area (Å²) in [6.45, 7) is 9.06. The summed E-state index contributed by atoms with van der Waals surface area (Å²) in [5.74, 6) is 0.834. The van der Waals surface area contributed by atoms with E-state index in [0.717, 1.165) is 27.7 Å². The molecule has 0 spiro atoms. The molecule has 0 aliphatic heterocycles. The molecule has 0 aliphatic rings. The molecule has 0 N–H and O–H groups in total. The van der Waals surface area contributed by atoms with Crippen molar-refractivity contribution in [2.45, 2.75) is 39.5 Å². The van der Waals surface area contributed by atoms with Crippen molar-refractivity contribution in [1.29, 1.82) is 0 Å². The van der Waals surface area contributed by atoms with Gasteiger partial charge < -0.3 is 9.13 Å². The maximum atomic E-state index is 4.90. The Bertz CT molecular complexity index is 2140. The molecule has 4 aromatic heterocycles. The highest BCUT2D eigenvalue weighted by molar-refractivity contribution is 6.21. The van der Waals surface area contributed by atoms with Gasteiger partial charge in [-0.2, -0.15) is 0 Å². The molecule has 4 nitrogen and oxygen atoms in total. The highest BCUT2D eigenvalue weighted by Gasteiger charge is 2.24. The normalized spacial score (nSPS) is 12.2. The number of aromatic nitrogens is 4. The summed E-state index contributed by atoms with van der Waals surface area (Å²) in [6.07, 6.45) is 5.77. The maximum absolute atomic E-state index is 4.90. The fourth-order valence-electron chi connectivity index (χ4n) is 6.60. The van der Waals surface area contributed by atoms with Gasteiger partial charge >= 0.3 is 0 Å². The molecular formula is C38H32N4. The van der Waals surface area contributed by atoms with Crippen LogP contribution in [0, 0.1) is 0 Å². The van der Waals surface area contributed by atoms with Gasteiger partial charge in [0.15, 0.2) is 0 Å². The molecule has 0 unspecified atom stereocenters. The van der Waals surface area contributed by atoms with Crippen LogP contribution in [0.1, 0.15) is 50.7 Å². The standard InChI is InChI=1S/C38H32N4/c1-23(2)27-13-15-29-34(20-27)41(32-11-5-8-25-17-19-39-22-31(25)32)37-30-16-14-28(24(3)4)21-35(30)42(38(29)37)33-12-6-9-26-10-7-18-40-36(26)33/h5-24H,1-4H3. The van der Waals surface area contributed by atoms with Crippen molar-refractivity contribution in [3.8, 4) is 11.4 Å². The van der Waals surface area contributed by atoms with Crippen molar-refractivity contribution in [1.82, 2.24) is 19.1 Å². The maximum Gasteiger partial charge on any atom is 0.0942 e. The topological polar surface area (TPSA) is 35.6 Å². The number of pyridine rings is 2. The van der Waals surface area contributed by atoms with Crippen LogP contribution in [-0.4, -0.2) is 19.1 Å². The van der Waals surface area contributed by atoms with Gasteiger partial charge in [0.05, 0.1) is 39.0 Å². The molecule has 0 amide bonds. The Morgan fingerprint density at radius 2 is 1.14 bits per heavy atom. The van der Waals surface area contributed by atoms with E-state index in [1.807, 2.05) is 24.7 Å². The molecule has 204 valence electrons. The molecule has 0 saturated heterocycles. The monoisotopic (exact) mass is 544 g/mol. The molecule has 0 radical (unpaired) electrons. The molecule has 8 aromatic rings. The third kappa shape index (κ3) is 3.54. The zero-order valence-corrected chi connectivity index (χ0v) is 24.3. The molecule has 4 aromatic carbocycles. The second-order valence-electron chi connectivity index (χ2n) is 12.0. The van der Waals surface area contributed by atoms with E-state index < -0.39 is 0 Å². The number of nitrogens with zero attached hydrogens (tertiary/aromatic N) is 4. The summed E-state index contributed by atoms with van der Waals surface area (Å²) in [5, 5.41) is 5.91. The quantitative estimate of drug-likeness (QED) is 0.221. The lowest BCUT2D eigenvalue weighted by Gasteiger charge is -2.14. The van der Waals surface area contributed by atoms with Gasteiger partial charge in [0.2, 0.25) is 0 Å². The summed E-state index contributed by atoms with van der Waals surface area (Å²) in [4.78, 5) is 9.44. The number of fused-ring (bicyclic) bond motifs is 7. The molecule has 4 heteroatoms. The van der Waals surface area contributed by atoms with Crippen LogP contribution in [0.4, 0.5) is 0 Å². The molecule has 0 aliphatic carbocycles. The third-order valence-electron chi connectivity index (χ3n) is 8.79. The molecule has 42 heavy (non-hydrogen) atoms. The zero-order chi connectivity index (χ0) is 28.5. The lowest BCUT2D eigenvalue weighted by Crippen LogP contribution is -1.98. The number of para-hydroxylation sites is 1. The van der Waals surface area contributed by atoms with Crippen molar-refractivity contribution in [2.75, 3.05) is 0 Å². The van der Waals surface area contributed by atoms with Crippen LogP contribution >= 0.6 is 0 Å². The van der Waals surface area contributed by atoms with Gasteiger partial charge in [-0.05, 0) is 64.7 Å². The Morgan fingerprint density at radius 3 is 1.81 bits per heavy atom. The summed E-state index contributed by atoms with van der Waals surface area (Å²) in [7, 11) is 0. The lowest BCUT2D eigenvalue weighted by atomic mass is 10.0. The van der Waals surface area contributed by atoms with Crippen molar-refractivity contribution >= 4 is 54.5 Å². The predicted octanol–water partition coefficient (Wildman–Crippen LogP) is 10.1.